The maximum atomic E-state index is 12.7. The van der Waals surface area contributed by atoms with E-state index in [0.717, 1.165) is 37.3 Å². The van der Waals surface area contributed by atoms with Crippen LogP contribution in [0.25, 0.3) is 0 Å². The van der Waals surface area contributed by atoms with E-state index in [1.807, 2.05) is 16.7 Å². The van der Waals surface area contributed by atoms with Crippen LogP contribution in [0.2, 0.25) is 0 Å². The summed E-state index contributed by atoms with van der Waals surface area (Å²) in [6.07, 6.45) is 2.80. The molecule has 5 nitrogen and oxygen atoms in total. The third-order valence-corrected chi connectivity index (χ3v) is 6.79. The molecule has 1 heterocycles. The molecule has 7 heteroatoms. The van der Waals surface area contributed by atoms with Crippen LogP contribution in [0.4, 0.5) is 0 Å². The predicted octanol–water partition coefficient (Wildman–Crippen LogP) is 2.09. The van der Waals surface area contributed by atoms with Crippen LogP contribution < -0.4 is 4.72 Å². The lowest BCUT2D eigenvalue weighted by Gasteiger charge is -2.27. The van der Waals surface area contributed by atoms with E-state index in [1.54, 1.807) is 12.1 Å². The molecule has 1 atom stereocenters. The Morgan fingerprint density at radius 1 is 1.17 bits per heavy atom. The maximum Gasteiger partial charge on any atom is 0.254 e. The molecule has 1 aromatic rings. The van der Waals surface area contributed by atoms with Gasteiger partial charge in [0.2, 0.25) is 10.0 Å². The van der Waals surface area contributed by atoms with Crippen molar-refractivity contribution < 1.29 is 13.2 Å². The van der Waals surface area contributed by atoms with Crippen molar-refractivity contribution in [3.05, 3.63) is 29.8 Å². The Balaban J connectivity index is 1.74. The minimum absolute atomic E-state index is 0.0147. The number of thioether (sulfide) groups is 1. The van der Waals surface area contributed by atoms with E-state index in [2.05, 4.69) is 11.6 Å². The fraction of sp³-hybridized carbons (Fsp3) is 0.562. The third-order valence-electron chi connectivity index (χ3n) is 4.26. The number of hydrogen-bond donors (Lipinski definition) is 1. The molecule has 0 spiro atoms. The Kier molecular flexibility index (Phi) is 4.98. The Hall–Kier alpha value is -1.05. The van der Waals surface area contributed by atoms with Crippen molar-refractivity contribution in [3.8, 4) is 0 Å². The van der Waals surface area contributed by atoms with Crippen molar-refractivity contribution in [3.63, 3.8) is 0 Å². The van der Waals surface area contributed by atoms with Gasteiger partial charge < -0.3 is 4.90 Å². The molecule has 1 unspecified atom stereocenters. The van der Waals surface area contributed by atoms with Crippen molar-refractivity contribution in [2.45, 2.75) is 43.2 Å². The summed E-state index contributed by atoms with van der Waals surface area (Å²) in [5.74, 6) is 2.02. The maximum absolute atomic E-state index is 12.7. The highest BCUT2D eigenvalue weighted by Crippen LogP contribution is 2.23. The first kappa shape index (κ1) is 16.8. The van der Waals surface area contributed by atoms with Gasteiger partial charge in [0.05, 0.1) is 4.90 Å². The first-order chi connectivity index (χ1) is 11.0. The molecule has 0 bridgehead atoms. The molecular formula is C16H22N2O3S2. The minimum Gasteiger partial charge on any atom is -0.335 e. The molecular weight excluding hydrogens is 332 g/mol. The van der Waals surface area contributed by atoms with E-state index in [1.165, 1.54) is 12.1 Å². The second-order valence-electron chi connectivity index (χ2n) is 6.17. The summed E-state index contributed by atoms with van der Waals surface area (Å²) < 4.78 is 27.0. The van der Waals surface area contributed by atoms with Crippen molar-refractivity contribution in [2.24, 2.45) is 0 Å². The highest BCUT2D eigenvalue weighted by molar-refractivity contribution is 7.99. The SMILES string of the molecule is CC1CCSCCN1C(=O)c1ccc(S(=O)(=O)NC2CC2)cc1. The number of nitrogens with one attached hydrogen (secondary N) is 1. The molecule has 1 N–H and O–H groups in total. The molecule has 1 saturated heterocycles. The zero-order valence-corrected chi connectivity index (χ0v) is 14.8. The molecule has 1 aliphatic carbocycles. The van der Waals surface area contributed by atoms with Crippen LogP contribution in [0, 0.1) is 0 Å². The molecule has 0 aromatic heterocycles. The van der Waals surface area contributed by atoms with Gasteiger partial charge in [-0.15, -0.1) is 0 Å². The normalized spacial score (nSPS) is 22.7. The van der Waals surface area contributed by atoms with Crippen LogP contribution in [0.3, 0.4) is 0 Å². The van der Waals surface area contributed by atoms with Gasteiger partial charge in [-0.25, -0.2) is 13.1 Å². The second-order valence-corrected chi connectivity index (χ2v) is 9.11. The van der Waals surface area contributed by atoms with Gasteiger partial charge >= 0.3 is 0 Å². The van der Waals surface area contributed by atoms with Crippen molar-refractivity contribution in [1.82, 2.24) is 9.62 Å². The molecule has 2 aliphatic rings. The zero-order valence-electron chi connectivity index (χ0n) is 13.2. The van der Waals surface area contributed by atoms with E-state index < -0.39 is 10.0 Å². The van der Waals surface area contributed by atoms with E-state index in [-0.39, 0.29) is 22.9 Å². The van der Waals surface area contributed by atoms with Crippen molar-refractivity contribution >= 4 is 27.7 Å². The second kappa shape index (κ2) is 6.83. The average molecular weight is 354 g/mol. The van der Waals surface area contributed by atoms with Crippen LogP contribution >= 0.6 is 11.8 Å². The number of carbonyl (C=O) groups is 1. The van der Waals surface area contributed by atoms with E-state index in [4.69, 9.17) is 0 Å². The number of carbonyl (C=O) groups excluding carboxylic acids is 1. The Labute approximate surface area is 141 Å². The molecule has 1 saturated carbocycles. The van der Waals surface area contributed by atoms with E-state index in [0.29, 0.717) is 5.56 Å². The fourth-order valence-electron chi connectivity index (χ4n) is 2.63. The Morgan fingerprint density at radius 3 is 2.52 bits per heavy atom. The standard InChI is InChI=1S/C16H22N2O3S2/c1-12-8-10-22-11-9-18(12)16(19)13-2-6-15(7-3-13)23(20,21)17-14-4-5-14/h2-3,6-7,12,14,17H,4-5,8-11H2,1H3. The lowest BCUT2D eigenvalue weighted by atomic mass is 10.1. The minimum atomic E-state index is -3.46. The Bertz CT molecular complexity index is 669. The van der Waals surface area contributed by atoms with Gasteiger partial charge in [0.1, 0.15) is 0 Å². The monoisotopic (exact) mass is 354 g/mol. The summed E-state index contributed by atoms with van der Waals surface area (Å²) in [5.41, 5.74) is 0.550. The topological polar surface area (TPSA) is 66.5 Å². The number of rotatable bonds is 4. The number of hydrogen-bond acceptors (Lipinski definition) is 4. The molecule has 0 radical (unpaired) electrons. The average Bonchev–Trinajstić information content (AvgIpc) is 3.34. The number of amides is 1. The number of sulfonamides is 1. The van der Waals surface area contributed by atoms with Crippen molar-refractivity contribution in [2.75, 3.05) is 18.1 Å². The van der Waals surface area contributed by atoms with Crippen molar-refractivity contribution in [1.29, 1.82) is 0 Å². The van der Waals surface area contributed by atoms with E-state index >= 15 is 0 Å². The summed E-state index contributed by atoms with van der Waals surface area (Å²) in [6, 6.07) is 6.59. The largest absolute Gasteiger partial charge is 0.335 e. The van der Waals surface area contributed by atoms with Crippen LogP contribution in [0.1, 0.15) is 36.5 Å². The first-order valence-corrected chi connectivity index (χ1v) is 10.6. The van der Waals surface area contributed by atoms with Crippen LogP contribution in [-0.2, 0) is 10.0 Å². The first-order valence-electron chi connectivity index (χ1n) is 7.98. The number of nitrogens with zero attached hydrogens (tertiary/aromatic N) is 1. The lowest BCUT2D eigenvalue weighted by molar-refractivity contribution is 0.0706. The Morgan fingerprint density at radius 2 is 1.87 bits per heavy atom. The quantitative estimate of drug-likeness (QED) is 0.899. The highest BCUT2D eigenvalue weighted by atomic mass is 32.2. The molecule has 23 heavy (non-hydrogen) atoms. The third kappa shape index (κ3) is 4.08. The summed E-state index contributed by atoms with van der Waals surface area (Å²) in [5, 5.41) is 0. The van der Waals surface area contributed by atoms with Gasteiger partial charge in [0, 0.05) is 29.9 Å². The molecule has 1 aliphatic heterocycles. The van der Waals surface area contributed by atoms with Gasteiger partial charge in [-0.2, -0.15) is 11.8 Å². The smallest absolute Gasteiger partial charge is 0.254 e. The van der Waals surface area contributed by atoms with Gasteiger partial charge in [-0.3, -0.25) is 4.79 Å². The van der Waals surface area contributed by atoms with Gasteiger partial charge in [0.25, 0.3) is 5.91 Å². The summed E-state index contributed by atoms with van der Waals surface area (Å²) in [6.45, 7) is 2.82. The molecule has 1 amide bonds. The van der Waals surface area contributed by atoms with Crippen LogP contribution in [-0.4, -0.2) is 49.4 Å². The predicted molar refractivity (Wildman–Crippen MR) is 92.2 cm³/mol. The van der Waals surface area contributed by atoms with E-state index in [9.17, 15) is 13.2 Å². The number of benzene rings is 1. The van der Waals surface area contributed by atoms with Crippen LogP contribution in [0.5, 0.6) is 0 Å². The molecule has 1 aromatic carbocycles. The van der Waals surface area contributed by atoms with Crippen LogP contribution in [0.15, 0.2) is 29.2 Å². The highest BCUT2D eigenvalue weighted by Gasteiger charge is 2.28. The lowest BCUT2D eigenvalue weighted by Crippen LogP contribution is -2.39. The molecule has 126 valence electrons. The van der Waals surface area contributed by atoms with Gasteiger partial charge in [-0.1, -0.05) is 0 Å². The zero-order chi connectivity index (χ0) is 16.4. The molecule has 2 fully saturated rings. The van der Waals surface area contributed by atoms with Gasteiger partial charge in [-0.05, 0) is 56.2 Å². The molecule has 3 rings (SSSR count). The van der Waals surface area contributed by atoms with Gasteiger partial charge in [0.15, 0.2) is 0 Å². The summed E-state index contributed by atoms with van der Waals surface area (Å²) >= 11 is 1.87. The fourth-order valence-corrected chi connectivity index (χ4v) is 4.97. The summed E-state index contributed by atoms with van der Waals surface area (Å²) in [7, 11) is -3.46. The summed E-state index contributed by atoms with van der Waals surface area (Å²) in [4.78, 5) is 14.8.